The zero-order chi connectivity index (χ0) is 13.0. The zero-order valence-corrected chi connectivity index (χ0v) is 11.0. The van der Waals surface area contributed by atoms with Crippen molar-refractivity contribution in [3.05, 3.63) is 11.7 Å². The highest BCUT2D eigenvalue weighted by molar-refractivity contribution is 4.96. The predicted molar refractivity (Wildman–Crippen MR) is 64.9 cm³/mol. The minimum absolute atomic E-state index is 0.0980. The Morgan fingerprint density at radius 3 is 2.89 bits per heavy atom. The Morgan fingerprint density at radius 1 is 1.44 bits per heavy atom. The third kappa shape index (κ3) is 2.88. The Balaban J connectivity index is 2.01. The summed E-state index contributed by atoms with van der Waals surface area (Å²) in [6.07, 6.45) is 2.55. The topological polar surface area (TPSA) is 83.4 Å². The molecule has 0 bridgehead atoms. The van der Waals surface area contributed by atoms with E-state index in [1.807, 2.05) is 13.8 Å². The standard InChI is InChI=1S/C12H21N3O3/c1-3-9(16-4-2)11-14-12(18-15-11)10-6-5-8(7-13)17-10/h8-10H,3-7,13H2,1-2H3. The monoisotopic (exact) mass is 255 g/mol. The average molecular weight is 255 g/mol. The summed E-state index contributed by atoms with van der Waals surface area (Å²) in [4.78, 5) is 4.38. The predicted octanol–water partition coefficient (Wildman–Crippen LogP) is 1.74. The first kappa shape index (κ1) is 13.5. The van der Waals surface area contributed by atoms with Crippen LogP contribution in [0.15, 0.2) is 4.52 Å². The van der Waals surface area contributed by atoms with Gasteiger partial charge in [-0.3, -0.25) is 0 Å². The number of aromatic nitrogens is 2. The molecule has 18 heavy (non-hydrogen) atoms. The summed E-state index contributed by atoms with van der Waals surface area (Å²) in [6, 6.07) is 0. The van der Waals surface area contributed by atoms with E-state index in [1.54, 1.807) is 0 Å². The van der Waals surface area contributed by atoms with Gasteiger partial charge in [0.05, 0.1) is 6.10 Å². The highest BCUT2D eigenvalue weighted by atomic mass is 16.5. The van der Waals surface area contributed by atoms with Crippen LogP contribution in [0.4, 0.5) is 0 Å². The van der Waals surface area contributed by atoms with Crippen LogP contribution >= 0.6 is 0 Å². The molecule has 102 valence electrons. The summed E-state index contributed by atoms with van der Waals surface area (Å²) in [5.41, 5.74) is 5.58. The summed E-state index contributed by atoms with van der Waals surface area (Å²) in [5, 5.41) is 3.98. The Hall–Kier alpha value is -0.980. The largest absolute Gasteiger partial charge is 0.370 e. The maximum Gasteiger partial charge on any atom is 0.255 e. The summed E-state index contributed by atoms with van der Waals surface area (Å²) < 4.78 is 16.5. The maximum absolute atomic E-state index is 5.72. The molecular weight excluding hydrogens is 234 g/mol. The van der Waals surface area contributed by atoms with E-state index < -0.39 is 0 Å². The molecule has 1 aromatic rings. The van der Waals surface area contributed by atoms with Crippen LogP contribution in [0.2, 0.25) is 0 Å². The smallest absolute Gasteiger partial charge is 0.255 e. The van der Waals surface area contributed by atoms with Gasteiger partial charge in [-0.1, -0.05) is 12.1 Å². The van der Waals surface area contributed by atoms with Crippen molar-refractivity contribution in [2.75, 3.05) is 13.2 Å². The van der Waals surface area contributed by atoms with Crippen molar-refractivity contribution >= 4 is 0 Å². The van der Waals surface area contributed by atoms with Crippen LogP contribution in [0.5, 0.6) is 0 Å². The zero-order valence-electron chi connectivity index (χ0n) is 11.0. The summed E-state index contributed by atoms with van der Waals surface area (Å²) in [7, 11) is 0. The molecule has 6 nitrogen and oxygen atoms in total. The number of hydrogen-bond acceptors (Lipinski definition) is 6. The third-order valence-corrected chi connectivity index (χ3v) is 3.13. The Kier molecular flexibility index (Phi) is 4.68. The van der Waals surface area contributed by atoms with E-state index in [0.717, 1.165) is 19.3 Å². The van der Waals surface area contributed by atoms with Gasteiger partial charge >= 0.3 is 0 Å². The molecule has 1 aliphatic rings. The number of rotatable bonds is 6. The van der Waals surface area contributed by atoms with E-state index in [0.29, 0.717) is 24.9 Å². The molecule has 0 spiro atoms. The van der Waals surface area contributed by atoms with Crippen molar-refractivity contribution < 1.29 is 14.0 Å². The van der Waals surface area contributed by atoms with Crippen molar-refractivity contribution in [2.45, 2.75) is 51.4 Å². The minimum Gasteiger partial charge on any atom is -0.370 e. The van der Waals surface area contributed by atoms with Crippen LogP contribution in [0.1, 0.15) is 57.0 Å². The molecule has 2 rings (SSSR count). The van der Waals surface area contributed by atoms with Crippen LogP contribution < -0.4 is 5.73 Å². The molecule has 0 amide bonds. The van der Waals surface area contributed by atoms with Gasteiger partial charge in [0, 0.05) is 13.2 Å². The van der Waals surface area contributed by atoms with Gasteiger partial charge in [0.15, 0.2) is 0 Å². The minimum atomic E-state index is -0.112. The second kappa shape index (κ2) is 6.26. The normalized spacial score (nSPS) is 25.5. The first-order chi connectivity index (χ1) is 8.78. The van der Waals surface area contributed by atoms with Crippen molar-refractivity contribution in [3.8, 4) is 0 Å². The van der Waals surface area contributed by atoms with E-state index >= 15 is 0 Å². The van der Waals surface area contributed by atoms with Crippen molar-refractivity contribution in [2.24, 2.45) is 5.73 Å². The lowest BCUT2D eigenvalue weighted by molar-refractivity contribution is 0.0306. The first-order valence-electron chi connectivity index (χ1n) is 6.59. The van der Waals surface area contributed by atoms with E-state index in [-0.39, 0.29) is 18.3 Å². The molecule has 2 heterocycles. The van der Waals surface area contributed by atoms with Crippen LogP contribution in [0.25, 0.3) is 0 Å². The van der Waals surface area contributed by atoms with Crippen molar-refractivity contribution in [1.29, 1.82) is 0 Å². The molecule has 0 aliphatic carbocycles. The number of ether oxygens (including phenoxy) is 2. The molecule has 0 aromatic carbocycles. The average Bonchev–Trinajstić information content (AvgIpc) is 3.03. The third-order valence-electron chi connectivity index (χ3n) is 3.13. The van der Waals surface area contributed by atoms with Crippen molar-refractivity contribution in [3.63, 3.8) is 0 Å². The maximum atomic E-state index is 5.72. The van der Waals surface area contributed by atoms with Crippen molar-refractivity contribution in [1.82, 2.24) is 10.1 Å². The van der Waals surface area contributed by atoms with Gasteiger partial charge in [-0.15, -0.1) is 0 Å². The van der Waals surface area contributed by atoms with E-state index in [9.17, 15) is 0 Å². The first-order valence-corrected chi connectivity index (χ1v) is 6.59. The molecule has 0 radical (unpaired) electrons. The molecular formula is C12H21N3O3. The van der Waals surface area contributed by atoms with E-state index in [4.69, 9.17) is 19.7 Å². The van der Waals surface area contributed by atoms with Crippen LogP contribution in [-0.4, -0.2) is 29.4 Å². The van der Waals surface area contributed by atoms with Gasteiger partial charge in [0.1, 0.15) is 12.2 Å². The summed E-state index contributed by atoms with van der Waals surface area (Å²) in [6.45, 7) is 5.16. The van der Waals surface area contributed by atoms with Crippen LogP contribution in [-0.2, 0) is 9.47 Å². The van der Waals surface area contributed by atoms with Crippen LogP contribution in [0, 0.1) is 0 Å². The lowest BCUT2D eigenvalue weighted by Gasteiger charge is -2.09. The Labute approximate surface area is 107 Å². The van der Waals surface area contributed by atoms with Gasteiger partial charge in [-0.05, 0) is 26.2 Å². The molecule has 3 unspecified atom stereocenters. The number of nitrogens with zero attached hydrogens (tertiary/aromatic N) is 2. The molecule has 1 saturated heterocycles. The quantitative estimate of drug-likeness (QED) is 0.833. The molecule has 1 aliphatic heterocycles. The molecule has 6 heteroatoms. The number of hydrogen-bond donors (Lipinski definition) is 1. The molecule has 2 N–H and O–H groups in total. The highest BCUT2D eigenvalue weighted by Gasteiger charge is 2.30. The Morgan fingerprint density at radius 2 is 2.28 bits per heavy atom. The SMILES string of the molecule is CCOC(CC)c1noc(C2CCC(CN)O2)n1. The lowest BCUT2D eigenvalue weighted by atomic mass is 10.2. The lowest BCUT2D eigenvalue weighted by Crippen LogP contribution is -2.18. The van der Waals surface area contributed by atoms with Gasteiger partial charge in [0.2, 0.25) is 5.82 Å². The Bertz CT molecular complexity index is 369. The van der Waals surface area contributed by atoms with Gasteiger partial charge in [0.25, 0.3) is 5.89 Å². The fraction of sp³-hybridized carbons (Fsp3) is 0.833. The fourth-order valence-corrected chi connectivity index (χ4v) is 2.15. The van der Waals surface area contributed by atoms with Gasteiger partial charge in [-0.25, -0.2) is 0 Å². The van der Waals surface area contributed by atoms with Crippen LogP contribution in [0.3, 0.4) is 0 Å². The fourth-order valence-electron chi connectivity index (χ4n) is 2.15. The summed E-state index contributed by atoms with van der Waals surface area (Å²) in [5.74, 6) is 1.15. The molecule has 1 aromatic heterocycles. The highest BCUT2D eigenvalue weighted by Crippen LogP contribution is 2.32. The second-order valence-corrected chi connectivity index (χ2v) is 4.40. The van der Waals surface area contributed by atoms with E-state index in [2.05, 4.69) is 10.1 Å². The molecule has 3 atom stereocenters. The molecule has 0 saturated carbocycles. The second-order valence-electron chi connectivity index (χ2n) is 4.40. The molecule has 1 fully saturated rings. The van der Waals surface area contributed by atoms with Gasteiger partial charge in [-0.2, -0.15) is 4.98 Å². The number of nitrogens with two attached hydrogens (primary N) is 1. The van der Waals surface area contributed by atoms with Gasteiger partial charge < -0.3 is 19.7 Å². The van der Waals surface area contributed by atoms with E-state index in [1.165, 1.54) is 0 Å². The summed E-state index contributed by atoms with van der Waals surface area (Å²) >= 11 is 0.